The van der Waals surface area contributed by atoms with Crippen molar-refractivity contribution in [1.29, 1.82) is 0 Å². The molecule has 156 valence electrons. The molecule has 0 saturated heterocycles. The summed E-state index contributed by atoms with van der Waals surface area (Å²) in [5.74, 6) is 0.588. The van der Waals surface area contributed by atoms with Crippen molar-refractivity contribution in [3.63, 3.8) is 0 Å². The number of carbonyl (C=O) groups is 2. The molecule has 5 heteroatoms. The molecule has 0 fully saturated rings. The quantitative estimate of drug-likeness (QED) is 0.432. The number of hydrogen-bond donors (Lipinski definition) is 2. The minimum Gasteiger partial charge on any atom is -0.454 e. The number of anilines is 2. The van der Waals surface area contributed by atoms with Crippen LogP contribution in [0.25, 0.3) is 11.1 Å². The Bertz CT molecular complexity index is 1300. The van der Waals surface area contributed by atoms with Gasteiger partial charge in [0.1, 0.15) is 5.75 Å². The molecule has 0 aromatic heterocycles. The van der Waals surface area contributed by atoms with E-state index in [0.29, 0.717) is 28.4 Å². The Morgan fingerprint density at radius 1 is 0.781 bits per heavy atom. The number of carbonyl (C=O) groups excluding carboxylic acids is 2. The molecule has 0 atom stereocenters. The first-order chi connectivity index (χ1) is 15.7. The highest BCUT2D eigenvalue weighted by molar-refractivity contribution is 6.09. The molecule has 4 aromatic carbocycles. The first kappa shape index (κ1) is 19.6. The lowest BCUT2D eigenvalue weighted by Gasteiger charge is -2.10. The minimum absolute atomic E-state index is 0.157. The Balaban J connectivity index is 1.28. The third-order valence-corrected chi connectivity index (χ3v) is 5.29. The van der Waals surface area contributed by atoms with E-state index in [1.54, 1.807) is 30.3 Å². The molecular formula is C27H20N2O3. The van der Waals surface area contributed by atoms with Crippen LogP contribution in [0.15, 0.2) is 97.1 Å². The van der Waals surface area contributed by atoms with Crippen LogP contribution in [0.5, 0.6) is 11.5 Å². The van der Waals surface area contributed by atoms with Gasteiger partial charge in [0.15, 0.2) is 5.75 Å². The van der Waals surface area contributed by atoms with Crippen molar-refractivity contribution < 1.29 is 14.3 Å². The molecule has 0 spiro atoms. The van der Waals surface area contributed by atoms with Gasteiger partial charge in [-0.2, -0.15) is 0 Å². The van der Waals surface area contributed by atoms with Crippen LogP contribution < -0.4 is 15.4 Å². The van der Waals surface area contributed by atoms with E-state index in [9.17, 15) is 9.59 Å². The molecule has 1 aliphatic rings. The molecule has 5 rings (SSSR count). The molecule has 2 N–H and O–H groups in total. The lowest BCUT2D eigenvalue weighted by Crippen LogP contribution is -2.15. The number of para-hydroxylation sites is 2. The van der Waals surface area contributed by atoms with Gasteiger partial charge in [-0.1, -0.05) is 66.7 Å². The summed E-state index contributed by atoms with van der Waals surface area (Å²) in [6.45, 7) is 0. The van der Waals surface area contributed by atoms with Crippen molar-refractivity contribution in [2.45, 2.75) is 6.42 Å². The van der Waals surface area contributed by atoms with Crippen molar-refractivity contribution >= 4 is 23.2 Å². The Kier molecular flexibility index (Phi) is 5.14. The van der Waals surface area contributed by atoms with Crippen molar-refractivity contribution in [2.24, 2.45) is 0 Å². The van der Waals surface area contributed by atoms with Gasteiger partial charge in [-0.15, -0.1) is 0 Å². The fourth-order valence-electron chi connectivity index (χ4n) is 3.68. The highest BCUT2D eigenvalue weighted by atomic mass is 16.5. The maximum atomic E-state index is 12.6. The molecule has 0 unspecified atom stereocenters. The van der Waals surface area contributed by atoms with Crippen molar-refractivity contribution in [3.8, 4) is 22.6 Å². The van der Waals surface area contributed by atoms with E-state index in [4.69, 9.17) is 4.74 Å². The maximum absolute atomic E-state index is 12.6. The summed E-state index contributed by atoms with van der Waals surface area (Å²) in [6, 6.07) is 30.3. The predicted octanol–water partition coefficient (Wildman–Crippen LogP) is 5.89. The van der Waals surface area contributed by atoms with E-state index < -0.39 is 0 Å². The van der Waals surface area contributed by atoms with Crippen LogP contribution in [0.1, 0.15) is 15.9 Å². The van der Waals surface area contributed by atoms with Crippen LogP contribution in [-0.2, 0) is 11.2 Å². The van der Waals surface area contributed by atoms with Crippen molar-refractivity contribution in [2.75, 3.05) is 10.6 Å². The summed E-state index contributed by atoms with van der Waals surface area (Å²) in [5.41, 5.74) is 4.67. The number of benzene rings is 4. The zero-order valence-corrected chi connectivity index (χ0v) is 17.2. The van der Waals surface area contributed by atoms with Crippen LogP contribution in [0.3, 0.4) is 0 Å². The van der Waals surface area contributed by atoms with Crippen LogP contribution in [0.4, 0.5) is 11.4 Å². The molecule has 0 radical (unpaired) electrons. The van der Waals surface area contributed by atoms with Gasteiger partial charge in [0.2, 0.25) is 5.91 Å². The van der Waals surface area contributed by atoms with Crippen LogP contribution in [0.2, 0.25) is 0 Å². The third kappa shape index (κ3) is 4.09. The lowest BCUT2D eigenvalue weighted by molar-refractivity contribution is -0.115. The van der Waals surface area contributed by atoms with Gasteiger partial charge in [0.25, 0.3) is 5.91 Å². The van der Waals surface area contributed by atoms with Gasteiger partial charge in [-0.05, 0) is 47.0 Å². The molecule has 32 heavy (non-hydrogen) atoms. The van der Waals surface area contributed by atoms with Gasteiger partial charge >= 0.3 is 0 Å². The lowest BCUT2D eigenvalue weighted by atomic mass is 10.0. The smallest absolute Gasteiger partial charge is 0.259 e. The average molecular weight is 420 g/mol. The van der Waals surface area contributed by atoms with E-state index in [2.05, 4.69) is 22.8 Å². The van der Waals surface area contributed by atoms with E-state index in [-0.39, 0.29) is 18.2 Å². The standard InChI is InChI=1S/C27H20N2O3/c30-26(16-18-10-12-20(13-11-18)19-6-2-1-3-7-19)28-21-14-15-24-22(17-21)27(31)29-23-8-4-5-9-25(23)32-24/h1-15,17H,16H2,(H,28,30)(H,29,31). The van der Waals surface area contributed by atoms with Crippen molar-refractivity contribution in [1.82, 2.24) is 0 Å². The Morgan fingerprint density at radius 3 is 2.31 bits per heavy atom. The monoisotopic (exact) mass is 420 g/mol. The highest BCUT2D eigenvalue weighted by Crippen LogP contribution is 2.36. The second-order valence-electron chi connectivity index (χ2n) is 7.55. The molecule has 1 aliphatic heterocycles. The predicted molar refractivity (Wildman–Crippen MR) is 125 cm³/mol. The van der Waals surface area contributed by atoms with Gasteiger partial charge in [0, 0.05) is 5.69 Å². The van der Waals surface area contributed by atoms with Crippen molar-refractivity contribution in [3.05, 3.63) is 108 Å². The molecule has 2 amide bonds. The largest absolute Gasteiger partial charge is 0.454 e. The Hall–Kier alpha value is -4.38. The van der Waals surface area contributed by atoms with Crippen LogP contribution >= 0.6 is 0 Å². The maximum Gasteiger partial charge on any atom is 0.259 e. The van der Waals surface area contributed by atoms with E-state index >= 15 is 0 Å². The molecule has 0 saturated carbocycles. The molecule has 4 aromatic rings. The van der Waals surface area contributed by atoms with Crippen LogP contribution in [-0.4, -0.2) is 11.8 Å². The summed E-state index contributed by atoms with van der Waals surface area (Å²) in [7, 11) is 0. The van der Waals surface area contributed by atoms with E-state index in [1.165, 1.54) is 0 Å². The topological polar surface area (TPSA) is 67.4 Å². The summed E-state index contributed by atoms with van der Waals surface area (Å²) in [4.78, 5) is 25.2. The zero-order valence-electron chi connectivity index (χ0n) is 17.2. The summed E-state index contributed by atoms with van der Waals surface area (Å²) in [5, 5.41) is 5.72. The summed E-state index contributed by atoms with van der Waals surface area (Å²) >= 11 is 0. The van der Waals surface area contributed by atoms with Crippen LogP contribution in [0, 0.1) is 0 Å². The number of nitrogens with one attached hydrogen (secondary N) is 2. The summed E-state index contributed by atoms with van der Waals surface area (Å²) < 4.78 is 5.88. The molecular weight excluding hydrogens is 400 g/mol. The second-order valence-corrected chi connectivity index (χ2v) is 7.55. The van der Waals surface area contributed by atoms with Gasteiger partial charge in [-0.3, -0.25) is 9.59 Å². The number of ether oxygens (including phenoxy) is 1. The Morgan fingerprint density at radius 2 is 1.50 bits per heavy atom. The van der Waals surface area contributed by atoms with Gasteiger partial charge < -0.3 is 15.4 Å². The molecule has 0 bridgehead atoms. The second kappa shape index (κ2) is 8.40. The normalized spacial score (nSPS) is 11.9. The molecule has 1 heterocycles. The number of amides is 2. The summed E-state index contributed by atoms with van der Waals surface area (Å²) in [6.07, 6.45) is 0.236. The third-order valence-electron chi connectivity index (χ3n) is 5.29. The Labute approximate surface area is 185 Å². The number of hydrogen-bond acceptors (Lipinski definition) is 3. The molecule has 5 nitrogen and oxygen atoms in total. The highest BCUT2D eigenvalue weighted by Gasteiger charge is 2.21. The molecule has 0 aliphatic carbocycles. The van der Waals surface area contributed by atoms with Gasteiger partial charge in [0.05, 0.1) is 17.7 Å². The fraction of sp³-hybridized carbons (Fsp3) is 0.0370. The number of rotatable bonds is 4. The van der Waals surface area contributed by atoms with E-state index in [0.717, 1.165) is 16.7 Å². The van der Waals surface area contributed by atoms with Gasteiger partial charge in [-0.25, -0.2) is 0 Å². The zero-order chi connectivity index (χ0) is 21.9. The SMILES string of the molecule is O=C(Cc1ccc(-c2ccccc2)cc1)Nc1ccc2c(c1)C(=O)Nc1ccccc1O2. The van der Waals surface area contributed by atoms with E-state index in [1.807, 2.05) is 54.6 Å². The number of fused-ring (bicyclic) bond motifs is 2. The average Bonchev–Trinajstić information content (AvgIpc) is 2.96. The first-order valence-corrected chi connectivity index (χ1v) is 10.3. The minimum atomic E-state index is -0.280. The fourth-order valence-corrected chi connectivity index (χ4v) is 3.68. The first-order valence-electron chi connectivity index (χ1n) is 10.3.